The molecule has 0 bridgehead atoms. The average Bonchev–Trinajstić information content (AvgIpc) is 3.23. The van der Waals surface area contributed by atoms with Crippen LogP contribution in [0.25, 0.3) is 16.8 Å². The molecule has 7 nitrogen and oxygen atoms in total. The lowest BCUT2D eigenvalue weighted by atomic mass is 10.0. The van der Waals surface area contributed by atoms with Crippen LogP contribution in [0.5, 0.6) is 0 Å². The van der Waals surface area contributed by atoms with Crippen molar-refractivity contribution in [2.75, 3.05) is 0 Å². The summed E-state index contributed by atoms with van der Waals surface area (Å²) >= 11 is 0. The van der Waals surface area contributed by atoms with Gasteiger partial charge in [0.15, 0.2) is 0 Å². The van der Waals surface area contributed by atoms with Crippen molar-refractivity contribution in [1.29, 1.82) is 0 Å². The SMILES string of the molecule is CC(C)c1ccc(-c2cc3c(=O)n(CCC(=O)NCc4ccncc4)ccn3n2)cc1. The van der Waals surface area contributed by atoms with Crippen molar-refractivity contribution in [3.8, 4) is 11.3 Å². The van der Waals surface area contributed by atoms with Crippen LogP contribution in [0.15, 0.2) is 72.0 Å². The second-order valence-electron chi connectivity index (χ2n) is 7.81. The molecule has 1 amide bonds. The number of rotatable bonds is 7. The Hall–Kier alpha value is -3.74. The first kappa shape index (κ1) is 20.5. The van der Waals surface area contributed by atoms with E-state index in [2.05, 4.69) is 41.4 Å². The van der Waals surface area contributed by atoms with Crippen LogP contribution in [-0.2, 0) is 17.9 Å². The number of aromatic nitrogens is 4. The maximum Gasteiger partial charge on any atom is 0.276 e. The molecule has 4 aromatic rings. The molecule has 0 aliphatic heterocycles. The number of carbonyl (C=O) groups is 1. The van der Waals surface area contributed by atoms with E-state index < -0.39 is 0 Å². The highest BCUT2D eigenvalue weighted by Gasteiger charge is 2.11. The van der Waals surface area contributed by atoms with Gasteiger partial charge in [-0.25, -0.2) is 4.52 Å². The van der Waals surface area contributed by atoms with Gasteiger partial charge in [0.25, 0.3) is 5.56 Å². The van der Waals surface area contributed by atoms with E-state index in [1.165, 1.54) is 5.56 Å². The summed E-state index contributed by atoms with van der Waals surface area (Å²) in [6.45, 7) is 5.06. The molecule has 0 fully saturated rings. The Bertz CT molecular complexity index is 1240. The maximum absolute atomic E-state index is 12.9. The highest BCUT2D eigenvalue weighted by molar-refractivity contribution is 5.75. The molecule has 4 rings (SSSR count). The van der Waals surface area contributed by atoms with Gasteiger partial charge in [0, 0.05) is 49.9 Å². The van der Waals surface area contributed by atoms with Crippen molar-refractivity contribution in [3.63, 3.8) is 0 Å². The molecule has 0 saturated heterocycles. The molecule has 1 N–H and O–H groups in total. The molecule has 31 heavy (non-hydrogen) atoms. The van der Waals surface area contributed by atoms with E-state index in [1.54, 1.807) is 39.9 Å². The molecular formula is C24H25N5O2. The number of aryl methyl sites for hydroxylation is 1. The largest absolute Gasteiger partial charge is 0.352 e. The number of nitrogens with one attached hydrogen (secondary N) is 1. The first-order chi connectivity index (χ1) is 15.0. The van der Waals surface area contributed by atoms with E-state index in [0.717, 1.165) is 16.8 Å². The van der Waals surface area contributed by atoms with Gasteiger partial charge in [-0.05, 0) is 35.2 Å². The predicted molar refractivity (Wildman–Crippen MR) is 120 cm³/mol. The van der Waals surface area contributed by atoms with Crippen molar-refractivity contribution in [2.45, 2.75) is 39.3 Å². The summed E-state index contributed by atoms with van der Waals surface area (Å²) in [6, 6.07) is 13.7. The molecule has 0 radical (unpaired) electrons. The number of pyridine rings is 1. The topological polar surface area (TPSA) is 81.3 Å². The molecule has 0 spiro atoms. The molecule has 3 aromatic heterocycles. The Morgan fingerprint density at radius 1 is 1.06 bits per heavy atom. The molecule has 0 aliphatic rings. The molecular weight excluding hydrogens is 390 g/mol. The Morgan fingerprint density at radius 2 is 1.81 bits per heavy atom. The Balaban J connectivity index is 1.45. The van der Waals surface area contributed by atoms with E-state index in [-0.39, 0.29) is 17.9 Å². The Kier molecular flexibility index (Phi) is 5.93. The fourth-order valence-corrected chi connectivity index (χ4v) is 3.39. The fraction of sp³-hybridized carbons (Fsp3) is 0.250. The van der Waals surface area contributed by atoms with Gasteiger partial charge in [0.2, 0.25) is 5.91 Å². The number of hydrogen-bond donors (Lipinski definition) is 1. The Morgan fingerprint density at radius 3 is 2.52 bits per heavy atom. The lowest BCUT2D eigenvalue weighted by molar-refractivity contribution is -0.121. The van der Waals surface area contributed by atoms with Gasteiger partial charge in [-0.1, -0.05) is 38.1 Å². The Labute approximate surface area is 180 Å². The molecule has 3 heterocycles. The van der Waals surface area contributed by atoms with Crippen LogP contribution in [0, 0.1) is 0 Å². The van der Waals surface area contributed by atoms with Crippen LogP contribution in [0.4, 0.5) is 0 Å². The second kappa shape index (κ2) is 8.95. The van der Waals surface area contributed by atoms with Crippen molar-refractivity contribution in [1.82, 2.24) is 24.5 Å². The van der Waals surface area contributed by atoms with Crippen LogP contribution >= 0.6 is 0 Å². The standard InChI is InChI=1S/C24H25N5O2/c1-17(2)19-3-5-20(6-4-19)21-15-22-24(31)28(13-14-29(22)27-21)12-9-23(30)26-16-18-7-10-25-11-8-18/h3-8,10-11,13-15,17H,9,12,16H2,1-2H3,(H,26,30). The van der Waals surface area contributed by atoms with Gasteiger partial charge in [-0.2, -0.15) is 5.10 Å². The van der Waals surface area contributed by atoms with Crippen molar-refractivity contribution in [2.24, 2.45) is 0 Å². The number of fused-ring (bicyclic) bond motifs is 1. The minimum Gasteiger partial charge on any atom is -0.352 e. The third-order valence-corrected chi connectivity index (χ3v) is 5.30. The summed E-state index contributed by atoms with van der Waals surface area (Å²) < 4.78 is 3.14. The van der Waals surface area contributed by atoms with Crippen LogP contribution in [-0.4, -0.2) is 25.1 Å². The summed E-state index contributed by atoms with van der Waals surface area (Å²) in [4.78, 5) is 29.0. The molecule has 0 atom stereocenters. The highest BCUT2D eigenvalue weighted by Crippen LogP contribution is 2.22. The van der Waals surface area contributed by atoms with E-state index in [1.807, 2.05) is 24.3 Å². The lowest BCUT2D eigenvalue weighted by Crippen LogP contribution is -2.27. The van der Waals surface area contributed by atoms with Crippen molar-refractivity contribution < 1.29 is 4.79 Å². The molecule has 7 heteroatoms. The van der Waals surface area contributed by atoms with E-state index >= 15 is 0 Å². The fourth-order valence-electron chi connectivity index (χ4n) is 3.39. The van der Waals surface area contributed by atoms with E-state index in [9.17, 15) is 9.59 Å². The monoisotopic (exact) mass is 415 g/mol. The molecule has 158 valence electrons. The maximum atomic E-state index is 12.9. The zero-order chi connectivity index (χ0) is 21.8. The number of carbonyl (C=O) groups excluding carboxylic acids is 1. The zero-order valence-corrected chi connectivity index (χ0v) is 17.7. The van der Waals surface area contributed by atoms with Crippen LogP contribution in [0.3, 0.4) is 0 Å². The number of amides is 1. The van der Waals surface area contributed by atoms with Crippen LogP contribution in [0.1, 0.15) is 37.3 Å². The predicted octanol–water partition coefficient (Wildman–Crippen LogP) is 3.39. The van der Waals surface area contributed by atoms with E-state index in [0.29, 0.717) is 24.5 Å². The first-order valence-electron chi connectivity index (χ1n) is 10.4. The lowest BCUT2D eigenvalue weighted by Gasteiger charge is -2.07. The van der Waals surface area contributed by atoms with Gasteiger partial charge >= 0.3 is 0 Å². The van der Waals surface area contributed by atoms with Gasteiger partial charge in [-0.3, -0.25) is 14.6 Å². The molecule has 0 aliphatic carbocycles. The van der Waals surface area contributed by atoms with Crippen molar-refractivity contribution in [3.05, 3.63) is 88.7 Å². The first-order valence-corrected chi connectivity index (χ1v) is 10.4. The van der Waals surface area contributed by atoms with Crippen molar-refractivity contribution >= 4 is 11.4 Å². The smallest absolute Gasteiger partial charge is 0.276 e. The average molecular weight is 415 g/mol. The van der Waals surface area contributed by atoms with Gasteiger partial charge in [-0.15, -0.1) is 0 Å². The number of hydrogen-bond acceptors (Lipinski definition) is 4. The molecule has 0 unspecified atom stereocenters. The highest BCUT2D eigenvalue weighted by atomic mass is 16.1. The normalized spacial score (nSPS) is 11.2. The summed E-state index contributed by atoms with van der Waals surface area (Å²) in [5, 5.41) is 7.40. The molecule has 1 aromatic carbocycles. The summed E-state index contributed by atoms with van der Waals surface area (Å²) in [5.41, 5.74) is 4.28. The van der Waals surface area contributed by atoms with E-state index in [4.69, 9.17) is 0 Å². The van der Waals surface area contributed by atoms with Crippen LogP contribution < -0.4 is 10.9 Å². The third kappa shape index (κ3) is 4.71. The van der Waals surface area contributed by atoms with Gasteiger partial charge in [0.1, 0.15) is 5.52 Å². The third-order valence-electron chi connectivity index (χ3n) is 5.30. The minimum atomic E-state index is -0.165. The minimum absolute atomic E-state index is 0.108. The van der Waals surface area contributed by atoms with Gasteiger partial charge in [0.05, 0.1) is 5.69 Å². The quantitative estimate of drug-likeness (QED) is 0.502. The summed E-state index contributed by atoms with van der Waals surface area (Å²) in [5.74, 6) is 0.354. The second-order valence-corrected chi connectivity index (χ2v) is 7.81. The summed E-state index contributed by atoms with van der Waals surface area (Å²) in [6.07, 6.45) is 7.02. The molecule has 0 saturated carbocycles. The van der Waals surface area contributed by atoms with Crippen LogP contribution in [0.2, 0.25) is 0 Å². The number of benzene rings is 1. The summed E-state index contributed by atoms with van der Waals surface area (Å²) in [7, 11) is 0. The zero-order valence-electron chi connectivity index (χ0n) is 17.7. The van der Waals surface area contributed by atoms with Gasteiger partial charge < -0.3 is 9.88 Å². The number of nitrogens with zero attached hydrogens (tertiary/aromatic N) is 4.